The third kappa shape index (κ3) is 3.46. The summed E-state index contributed by atoms with van der Waals surface area (Å²) < 4.78 is 1.80. The van der Waals surface area contributed by atoms with Gasteiger partial charge in [0.2, 0.25) is 0 Å². The van der Waals surface area contributed by atoms with E-state index in [1.165, 1.54) is 0 Å². The van der Waals surface area contributed by atoms with Gasteiger partial charge in [-0.1, -0.05) is 31.9 Å². The van der Waals surface area contributed by atoms with Gasteiger partial charge in [-0.2, -0.15) is 0 Å². The topological polar surface area (TPSA) is 20.3 Å². The molecule has 0 saturated heterocycles. The maximum absolute atomic E-state index is 12.3. The van der Waals surface area contributed by atoms with Crippen molar-refractivity contribution >= 4 is 49.4 Å². The molecule has 0 aromatic heterocycles. The highest BCUT2D eigenvalue weighted by Gasteiger charge is 2.32. The van der Waals surface area contributed by atoms with Crippen LogP contribution in [0.1, 0.15) is 23.2 Å². The van der Waals surface area contributed by atoms with Gasteiger partial charge >= 0.3 is 0 Å². The molecule has 0 N–H and O–H groups in total. The second-order valence-electron chi connectivity index (χ2n) is 4.08. The summed E-state index contributed by atoms with van der Waals surface area (Å²) in [5.74, 6) is 0.548. The molecule has 1 aliphatic carbocycles. The highest BCUT2D eigenvalue weighted by atomic mass is 79.9. The minimum Gasteiger partial charge on any atom is -0.334 e. The smallest absolute Gasteiger partial charge is 0.254 e. The summed E-state index contributed by atoms with van der Waals surface area (Å²) in [5, 5.41) is 0. The first-order valence-corrected chi connectivity index (χ1v) is 7.57. The minimum atomic E-state index is 0.0650. The highest BCUT2D eigenvalue weighted by Crippen LogP contribution is 2.29. The summed E-state index contributed by atoms with van der Waals surface area (Å²) in [6.45, 7) is 0.620. The van der Waals surface area contributed by atoms with Gasteiger partial charge in [-0.3, -0.25) is 4.79 Å². The lowest BCUT2D eigenvalue weighted by molar-refractivity contribution is 0.0753. The van der Waals surface area contributed by atoms with Crippen LogP contribution >= 0.6 is 43.5 Å². The summed E-state index contributed by atoms with van der Waals surface area (Å²) in [5.41, 5.74) is 0.697. The van der Waals surface area contributed by atoms with Gasteiger partial charge in [0.25, 0.3) is 5.91 Å². The van der Waals surface area contributed by atoms with E-state index in [4.69, 9.17) is 11.6 Å². The second kappa shape index (κ2) is 5.72. The van der Waals surface area contributed by atoms with Gasteiger partial charge in [0.05, 0.1) is 0 Å². The molecule has 0 spiro atoms. The molecule has 0 bridgehead atoms. The van der Waals surface area contributed by atoms with Gasteiger partial charge in [-0.15, -0.1) is 11.6 Å². The molecule has 1 aromatic carbocycles. The molecule has 1 saturated carbocycles. The number of benzene rings is 1. The first kappa shape index (κ1) is 13.4. The zero-order chi connectivity index (χ0) is 12.4. The van der Waals surface area contributed by atoms with Crippen LogP contribution in [0.4, 0.5) is 0 Å². The van der Waals surface area contributed by atoms with Crippen LogP contribution in [0.2, 0.25) is 0 Å². The molecular weight excluding hydrogens is 369 g/mol. The van der Waals surface area contributed by atoms with E-state index in [2.05, 4.69) is 31.9 Å². The number of rotatable bonds is 4. The summed E-state index contributed by atoms with van der Waals surface area (Å²) in [6, 6.07) is 5.99. The molecular formula is C12H12Br2ClNO. The van der Waals surface area contributed by atoms with Crippen molar-refractivity contribution in [2.75, 3.05) is 12.4 Å². The first-order valence-electron chi connectivity index (χ1n) is 5.45. The molecule has 0 heterocycles. The SMILES string of the molecule is O=C(c1cc(Br)cc(Br)c1)N(CCCl)C1CC1. The fraction of sp³-hybridized carbons (Fsp3) is 0.417. The Morgan fingerprint density at radius 2 is 1.88 bits per heavy atom. The van der Waals surface area contributed by atoms with E-state index in [0.29, 0.717) is 24.0 Å². The Kier molecular flexibility index (Phi) is 4.50. The lowest BCUT2D eigenvalue weighted by Crippen LogP contribution is -2.34. The van der Waals surface area contributed by atoms with Crippen LogP contribution in [0.3, 0.4) is 0 Å². The number of alkyl halides is 1. The number of hydrogen-bond donors (Lipinski definition) is 0. The third-order valence-electron chi connectivity index (χ3n) is 2.68. The van der Waals surface area contributed by atoms with Crippen LogP contribution in [0, 0.1) is 0 Å². The number of nitrogens with zero attached hydrogens (tertiary/aromatic N) is 1. The molecule has 1 fully saturated rings. The fourth-order valence-corrected chi connectivity index (χ4v) is 3.25. The van der Waals surface area contributed by atoms with Crippen molar-refractivity contribution in [3.8, 4) is 0 Å². The zero-order valence-electron chi connectivity index (χ0n) is 9.13. The van der Waals surface area contributed by atoms with Crippen molar-refractivity contribution in [1.29, 1.82) is 0 Å². The van der Waals surface area contributed by atoms with Crippen molar-refractivity contribution in [3.63, 3.8) is 0 Å². The number of halogens is 3. The van der Waals surface area contributed by atoms with E-state index in [9.17, 15) is 4.79 Å². The summed E-state index contributed by atoms with van der Waals surface area (Å²) >= 11 is 12.5. The van der Waals surface area contributed by atoms with Crippen LogP contribution in [-0.2, 0) is 0 Å². The van der Waals surface area contributed by atoms with Gasteiger partial charge in [0.15, 0.2) is 0 Å². The van der Waals surface area contributed by atoms with Crippen molar-refractivity contribution in [2.45, 2.75) is 18.9 Å². The molecule has 17 heavy (non-hydrogen) atoms. The molecule has 0 atom stereocenters. The number of carbonyl (C=O) groups excluding carboxylic acids is 1. The number of amides is 1. The molecule has 2 rings (SSSR count). The van der Waals surface area contributed by atoms with E-state index in [0.717, 1.165) is 21.8 Å². The average molecular weight is 381 g/mol. The van der Waals surface area contributed by atoms with E-state index in [-0.39, 0.29) is 5.91 Å². The molecule has 0 aliphatic heterocycles. The summed E-state index contributed by atoms with van der Waals surface area (Å²) in [4.78, 5) is 14.2. The van der Waals surface area contributed by atoms with Crippen molar-refractivity contribution in [1.82, 2.24) is 4.90 Å². The third-order valence-corrected chi connectivity index (χ3v) is 3.77. The van der Waals surface area contributed by atoms with E-state index in [1.807, 2.05) is 23.1 Å². The quantitative estimate of drug-likeness (QED) is 0.721. The van der Waals surface area contributed by atoms with Crippen molar-refractivity contribution in [3.05, 3.63) is 32.7 Å². The Bertz CT molecular complexity index is 414. The molecule has 0 unspecified atom stereocenters. The van der Waals surface area contributed by atoms with E-state index >= 15 is 0 Å². The lowest BCUT2D eigenvalue weighted by atomic mass is 10.2. The van der Waals surface area contributed by atoms with E-state index < -0.39 is 0 Å². The Hall–Kier alpha value is -0.0600. The molecule has 0 radical (unpaired) electrons. The monoisotopic (exact) mass is 379 g/mol. The van der Waals surface area contributed by atoms with Crippen LogP contribution in [0.5, 0.6) is 0 Å². The van der Waals surface area contributed by atoms with Gasteiger partial charge < -0.3 is 4.90 Å². The molecule has 92 valence electrons. The van der Waals surface area contributed by atoms with Crippen molar-refractivity contribution < 1.29 is 4.79 Å². The number of hydrogen-bond acceptors (Lipinski definition) is 1. The van der Waals surface area contributed by atoms with Crippen LogP contribution in [-0.4, -0.2) is 29.3 Å². The molecule has 1 aliphatic rings. The Morgan fingerprint density at radius 3 is 2.35 bits per heavy atom. The fourth-order valence-electron chi connectivity index (χ4n) is 1.77. The Balaban J connectivity index is 2.21. The Morgan fingerprint density at radius 1 is 1.29 bits per heavy atom. The first-order chi connectivity index (χ1) is 8.11. The highest BCUT2D eigenvalue weighted by molar-refractivity contribution is 9.11. The minimum absolute atomic E-state index is 0.0650. The predicted molar refractivity (Wildman–Crippen MR) is 76.6 cm³/mol. The second-order valence-corrected chi connectivity index (χ2v) is 6.29. The van der Waals surface area contributed by atoms with Gasteiger partial charge in [0.1, 0.15) is 0 Å². The molecule has 5 heteroatoms. The van der Waals surface area contributed by atoms with Gasteiger partial charge in [0, 0.05) is 33.0 Å². The Labute approximate surface area is 123 Å². The molecule has 1 amide bonds. The molecule has 1 aromatic rings. The summed E-state index contributed by atoms with van der Waals surface area (Å²) in [6.07, 6.45) is 2.19. The van der Waals surface area contributed by atoms with E-state index in [1.54, 1.807) is 0 Å². The van der Waals surface area contributed by atoms with Crippen molar-refractivity contribution in [2.24, 2.45) is 0 Å². The zero-order valence-corrected chi connectivity index (χ0v) is 13.1. The summed E-state index contributed by atoms with van der Waals surface area (Å²) in [7, 11) is 0. The normalized spacial score (nSPS) is 14.8. The maximum atomic E-state index is 12.3. The van der Waals surface area contributed by atoms with Gasteiger partial charge in [-0.05, 0) is 31.0 Å². The van der Waals surface area contributed by atoms with Crippen LogP contribution < -0.4 is 0 Å². The van der Waals surface area contributed by atoms with Crippen LogP contribution in [0.25, 0.3) is 0 Å². The lowest BCUT2D eigenvalue weighted by Gasteiger charge is -2.21. The molecule has 2 nitrogen and oxygen atoms in total. The average Bonchev–Trinajstić information content (AvgIpc) is 3.07. The van der Waals surface area contributed by atoms with Crippen LogP contribution in [0.15, 0.2) is 27.1 Å². The predicted octanol–water partition coefficient (Wildman–Crippen LogP) is 4.06. The largest absolute Gasteiger partial charge is 0.334 e. The number of carbonyl (C=O) groups is 1. The standard InChI is InChI=1S/C12H12Br2ClNO/c13-9-5-8(6-10(14)7-9)12(17)16(4-3-15)11-1-2-11/h5-7,11H,1-4H2. The van der Waals surface area contributed by atoms with Gasteiger partial charge in [-0.25, -0.2) is 0 Å². The maximum Gasteiger partial charge on any atom is 0.254 e.